The lowest BCUT2D eigenvalue weighted by molar-refractivity contribution is -0.145. The topological polar surface area (TPSA) is 105 Å². The number of ether oxygens (including phenoxy) is 1. The standard InChI is InChI=1S/C26H36N2O5/c29-19-26(15-9-10-16-26)28-23(30)17-21-13-5-2-1-3-8-14-24(31)33-18-22(27-25(21)32)20-11-6-4-7-12-20/h2,4-7,11-12,21-22,29H,1,3,8-10,13-19H2,(H,27,32)(H,28,30)/t21-,22-/m1/s1. The first-order chi connectivity index (χ1) is 16.0. The van der Waals surface area contributed by atoms with Crippen LogP contribution in [0.3, 0.4) is 0 Å². The van der Waals surface area contributed by atoms with Crippen LogP contribution < -0.4 is 10.6 Å². The Bertz CT molecular complexity index is 817. The molecular formula is C26H36N2O5. The highest BCUT2D eigenvalue weighted by molar-refractivity contribution is 5.86. The monoisotopic (exact) mass is 456 g/mol. The van der Waals surface area contributed by atoms with E-state index in [4.69, 9.17) is 4.74 Å². The van der Waals surface area contributed by atoms with E-state index in [1.54, 1.807) is 0 Å². The molecule has 0 saturated heterocycles. The maximum Gasteiger partial charge on any atom is 0.305 e. The normalized spacial score (nSPS) is 24.4. The van der Waals surface area contributed by atoms with Crippen LogP contribution in [0.4, 0.5) is 0 Å². The van der Waals surface area contributed by atoms with Crippen molar-refractivity contribution >= 4 is 17.8 Å². The highest BCUT2D eigenvalue weighted by Crippen LogP contribution is 2.29. The van der Waals surface area contributed by atoms with Crippen molar-refractivity contribution in [2.24, 2.45) is 5.92 Å². The Balaban J connectivity index is 1.74. The largest absolute Gasteiger partial charge is 0.463 e. The summed E-state index contributed by atoms with van der Waals surface area (Å²) >= 11 is 0. The van der Waals surface area contributed by atoms with Gasteiger partial charge in [-0.15, -0.1) is 0 Å². The van der Waals surface area contributed by atoms with Crippen LogP contribution in [-0.4, -0.2) is 41.6 Å². The van der Waals surface area contributed by atoms with Gasteiger partial charge in [0.2, 0.25) is 11.8 Å². The lowest BCUT2D eigenvalue weighted by Gasteiger charge is -2.29. The molecule has 0 radical (unpaired) electrons. The van der Waals surface area contributed by atoms with Crippen molar-refractivity contribution in [3.05, 3.63) is 48.0 Å². The minimum atomic E-state index is -0.564. The Kier molecular flexibility index (Phi) is 9.48. The molecule has 1 aromatic carbocycles. The van der Waals surface area contributed by atoms with E-state index in [-0.39, 0.29) is 37.4 Å². The van der Waals surface area contributed by atoms with Crippen LogP contribution >= 0.6 is 0 Å². The Hall–Kier alpha value is -2.67. The molecule has 1 aromatic rings. The minimum Gasteiger partial charge on any atom is -0.463 e. The summed E-state index contributed by atoms with van der Waals surface area (Å²) in [5.41, 5.74) is 0.279. The first-order valence-electron chi connectivity index (χ1n) is 12.1. The van der Waals surface area contributed by atoms with Crippen molar-refractivity contribution in [3.8, 4) is 0 Å². The van der Waals surface area contributed by atoms with E-state index in [0.29, 0.717) is 12.8 Å². The molecule has 7 heteroatoms. The van der Waals surface area contributed by atoms with Crippen molar-refractivity contribution in [3.63, 3.8) is 0 Å². The number of hydrogen-bond donors (Lipinski definition) is 3. The molecule has 0 spiro atoms. The van der Waals surface area contributed by atoms with E-state index in [1.165, 1.54) is 0 Å². The number of carbonyl (C=O) groups is 3. The fourth-order valence-corrected chi connectivity index (χ4v) is 4.58. The van der Waals surface area contributed by atoms with E-state index in [2.05, 4.69) is 10.6 Å². The van der Waals surface area contributed by atoms with Crippen LogP contribution in [0.15, 0.2) is 42.5 Å². The number of cyclic esters (lactones) is 1. The van der Waals surface area contributed by atoms with Crippen LogP contribution in [0.25, 0.3) is 0 Å². The van der Waals surface area contributed by atoms with Crippen molar-refractivity contribution in [2.75, 3.05) is 13.2 Å². The van der Waals surface area contributed by atoms with Crippen molar-refractivity contribution in [1.29, 1.82) is 0 Å². The van der Waals surface area contributed by atoms with Gasteiger partial charge in [-0.3, -0.25) is 14.4 Å². The van der Waals surface area contributed by atoms with Crippen molar-refractivity contribution < 1.29 is 24.2 Å². The molecular weight excluding hydrogens is 420 g/mol. The van der Waals surface area contributed by atoms with E-state index in [1.807, 2.05) is 42.5 Å². The number of esters is 1. The number of nitrogens with one attached hydrogen (secondary N) is 2. The van der Waals surface area contributed by atoms with Crippen LogP contribution in [-0.2, 0) is 19.1 Å². The first kappa shape index (κ1) is 25.0. The number of hydrogen-bond acceptors (Lipinski definition) is 5. The zero-order chi connectivity index (χ0) is 23.5. The average molecular weight is 457 g/mol. The van der Waals surface area contributed by atoms with E-state index in [9.17, 15) is 19.5 Å². The maximum atomic E-state index is 13.3. The van der Waals surface area contributed by atoms with Crippen LogP contribution in [0.1, 0.15) is 75.8 Å². The molecule has 1 fully saturated rings. The summed E-state index contributed by atoms with van der Waals surface area (Å²) in [6.45, 7) is -0.0338. The lowest BCUT2D eigenvalue weighted by Crippen LogP contribution is -2.50. The Morgan fingerprint density at radius 3 is 2.58 bits per heavy atom. The lowest BCUT2D eigenvalue weighted by atomic mass is 9.95. The summed E-state index contributed by atoms with van der Waals surface area (Å²) < 4.78 is 5.46. The van der Waals surface area contributed by atoms with Gasteiger partial charge in [0.1, 0.15) is 6.61 Å². The van der Waals surface area contributed by atoms with Crippen LogP contribution in [0.5, 0.6) is 0 Å². The molecule has 2 amide bonds. The van der Waals surface area contributed by atoms with E-state index < -0.39 is 17.5 Å². The smallest absolute Gasteiger partial charge is 0.305 e. The van der Waals surface area contributed by atoms with Crippen LogP contribution in [0, 0.1) is 5.92 Å². The van der Waals surface area contributed by atoms with Gasteiger partial charge in [-0.25, -0.2) is 0 Å². The number of amides is 2. The third-order valence-electron chi connectivity index (χ3n) is 6.59. The number of benzene rings is 1. The SMILES string of the molecule is O=C(C[C@H]1CC=CCCCCC(=O)OC[C@H](c2ccccc2)NC1=O)NC1(CO)CCCC1. The number of allylic oxidation sites excluding steroid dienone is 2. The Morgan fingerprint density at radius 2 is 1.85 bits per heavy atom. The minimum absolute atomic E-state index is 0.0409. The number of aliphatic hydroxyl groups is 1. The van der Waals surface area contributed by atoms with Crippen molar-refractivity contribution in [1.82, 2.24) is 10.6 Å². The first-order valence-corrected chi connectivity index (χ1v) is 12.1. The van der Waals surface area contributed by atoms with Gasteiger partial charge in [0, 0.05) is 12.8 Å². The second-order valence-electron chi connectivity index (χ2n) is 9.20. The van der Waals surface area contributed by atoms with Gasteiger partial charge in [0.15, 0.2) is 0 Å². The second-order valence-corrected chi connectivity index (χ2v) is 9.20. The number of aliphatic hydroxyl groups excluding tert-OH is 1. The fraction of sp³-hybridized carbons (Fsp3) is 0.577. The summed E-state index contributed by atoms with van der Waals surface area (Å²) in [7, 11) is 0. The highest BCUT2D eigenvalue weighted by Gasteiger charge is 2.35. The fourth-order valence-electron chi connectivity index (χ4n) is 4.58. The molecule has 1 aliphatic carbocycles. The highest BCUT2D eigenvalue weighted by atomic mass is 16.5. The quantitative estimate of drug-likeness (QED) is 0.466. The molecule has 1 heterocycles. The van der Waals surface area contributed by atoms with Gasteiger partial charge in [-0.05, 0) is 44.1 Å². The summed E-state index contributed by atoms with van der Waals surface area (Å²) in [5, 5.41) is 15.8. The van der Waals surface area contributed by atoms with Gasteiger partial charge in [-0.2, -0.15) is 0 Å². The molecule has 0 aromatic heterocycles. The van der Waals surface area contributed by atoms with Gasteiger partial charge in [0.05, 0.1) is 24.1 Å². The molecule has 7 nitrogen and oxygen atoms in total. The molecule has 0 bridgehead atoms. The van der Waals surface area contributed by atoms with Gasteiger partial charge < -0.3 is 20.5 Å². The van der Waals surface area contributed by atoms with Gasteiger partial charge >= 0.3 is 5.97 Å². The van der Waals surface area contributed by atoms with Gasteiger partial charge in [-0.1, -0.05) is 55.3 Å². The van der Waals surface area contributed by atoms with E-state index >= 15 is 0 Å². The Labute approximate surface area is 196 Å². The number of rotatable bonds is 5. The average Bonchev–Trinajstić information content (AvgIpc) is 3.29. The molecule has 1 saturated carbocycles. The number of carbonyl (C=O) groups excluding carboxylic acids is 3. The molecule has 3 N–H and O–H groups in total. The summed E-state index contributed by atoms with van der Waals surface area (Å²) in [6.07, 6.45) is 10.7. The third kappa shape index (κ3) is 7.70. The summed E-state index contributed by atoms with van der Waals surface area (Å²) in [6, 6.07) is 8.91. The summed E-state index contributed by atoms with van der Waals surface area (Å²) in [4.78, 5) is 38.2. The van der Waals surface area contributed by atoms with E-state index in [0.717, 1.165) is 50.5 Å². The molecule has 3 rings (SSSR count). The molecule has 33 heavy (non-hydrogen) atoms. The molecule has 180 valence electrons. The third-order valence-corrected chi connectivity index (χ3v) is 6.59. The Morgan fingerprint density at radius 1 is 1.09 bits per heavy atom. The predicted octanol–water partition coefficient (Wildman–Crippen LogP) is 3.34. The van der Waals surface area contributed by atoms with Crippen LogP contribution in [0.2, 0.25) is 0 Å². The van der Waals surface area contributed by atoms with Crippen molar-refractivity contribution in [2.45, 2.75) is 75.8 Å². The zero-order valence-corrected chi connectivity index (χ0v) is 19.3. The maximum absolute atomic E-state index is 13.3. The molecule has 0 unspecified atom stereocenters. The predicted molar refractivity (Wildman–Crippen MR) is 125 cm³/mol. The molecule has 2 aliphatic rings. The summed E-state index contributed by atoms with van der Waals surface area (Å²) in [5.74, 6) is -1.29. The molecule has 2 atom stereocenters. The molecule has 1 aliphatic heterocycles. The van der Waals surface area contributed by atoms with Gasteiger partial charge in [0.25, 0.3) is 0 Å². The zero-order valence-electron chi connectivity index (χ0n) is 19.3. The second kappa shape index (κ2) is 12.5.